The van der Waals surface area contributed by atoms with Crippen LogP contribution in [0, 0.1) is 5.82 Å². The fourth-order valence-corrected chi connectivity index (χ4v) is 2.22. The van der Waals surface area contributed by atoms with Gasteiger partial charge in [-0.15, -0.1) is 0 Å². The summed E-state index contributed by atoms with van der Waals surface area (Å²) < 4.78 is 19.3. The van der Waals surface area contributed by atoms with Gasteiger partial charge in [0, 0.05) is 11.6 Å². The molecule has 0 saturated heterocycles. The molecular formula is C13H17FN2O2. The summed E-state index contributed by atoms with van der Waals surface area (Å²) in [6.07, 6.45) is 3.54. The molecule has 2 rings (SSSR count). The Morgan fingerprint density at radius 2 is 2.17 bits per heavy atom. The summed E-state index contributed by atoms with van der Waals surface area (Å²) in [6.45, 7) is 0. The molecule has 1 amide bonds. The monoisotopic (exact) mass is 252 g/mol. The summed E-state index contributed by atoms with van der Waals surface area (Å²) in [5, 5.41) is 0. The number of halogens is 1. The Kier molecular flexibility index (Phi) is 3.81. The van der Waals surface area contributed by atoms with E-state index in [2.05, 4.69) is 0 Å². The number of ether oxygens (including phenoxy) is 1. The number of primary amides is 1. The minimum atomic E-state index is -0.653. The molecule has 1 aromatic rings. The molecule has 18 heavy (non-hydrogen) atoms. The van der Waals surface area contributed by atoms with E-state index >= 15 is 0 Å². The smallest absolute Gasteiger partial charge is 0.248 e. The van der Waals surface area contributed by atoms with Crippen LogP contribution in [0.15, 0.2) is 18.2 Å². The van der Waals surface area contributed by atoms with Crippen molar-refractivity contribution in [2.45, 2.75) is 37.8 Å². The van der Waals surface area contributed by atoms with Gasteiger partial charge in [-0.05, 0) is 43.9 Å². The number of hydrogen-bond donors (Lipinski definition) is 2. The lowest BCUT2D eigenvalue weighted by atomic mass is 9.93. The fraction of sp³-hybridized carbons (Fsp3) is 0.462. The van der Waals surface area contributed by atoms with Gasteiger partial charge in [-0.1, -0.05) is 0 Å². The van der Waals surface area contributed by atoms with E-state index in [-0.39, 0.29) is 23.5 Å². The molecule has 1 saturated carbocycles. The predicted octanol–water partition coefficient (Wildman–Crippen LogP) is 1.57. The van der Waals surface area contributed by atoms with E-state index in [1.54, 1.807) is 0 Å². The molecule has 0 aromatic heterocycles. The van der Waals surface area contributed by atoms with Crippen LogP contribution in [-0.2, 0) is 0 Å². The minimum Gasteiger partial charge on any atom is -0.487 e. The maximum Gasteiger partial charge on any atom is 0.248 e. The van der Waals surface area contributed by atoms with Crippen molar-refractivity contribution in [1.82, 2.24) is 0 Å². The van der Waals surface area contributed by atoms with E-state index < -0.39 is 11.7 Å². The average molecular weight is 252 g/mol. The highest BCUT2D eigenvalue weighted by Gasteiger charge is 2.21. The van der Waals surface area contributed by atoms with E-state index in [1.807, 2.05) is 0 Å². The van der Waals surface area contributed by atoms with E-state index in [0.29, 0.717) is 0 Å². The molecule has 98 valence electrons. The lowest BCUT2D eigenvalue weighted by Crippen LogP contribution is -2.33. The van der Waals surface area contributed by atoms with Crippen LogP contribution in [-0.4, -0.2) is 18.1 Å². The highest BCUT2D eigenvalue weighted by Crippen LogP contribution is 2.25. The zero-order valence-electron chi connectivity index (χ0n) is 10.1. The van der Waals surface area contributed by atoms with Crippen molar-refractivity contribution in [3.8, 4) is 5.75 Å². The van der Waals surface area contributed by atoms with Crippen LogP contribution in [0.1, 0.15) is 36.0 Å². The summed E-state index contributed by atoms with van der Waals surface area (Å²) in [7, 11) is 0. The maximum absolute atomic E-state index is 13.7. The van der Waals surface area contributed by atoms with Gasteiger partial charge in [-0.25, -0.2) is 4.39 Å². The molecular weight excluding hydrogens is 235 g/mol. The number of nitrogens with two attached hydrogens (primary N) is 2. The largest absolute Gasteiger partial charge is 0.487 e. The number of hydrogen-bond acceptors (Lipinski definition) is 3. The molecule has 2 atom stereocenters. The van der Waals surface area contributed by atoms with Crippen molar-refractivity contribution >= 4 is 5.91 Å². The molecule has 0 spiro atoms. The molecule has 0 bridgehead atoms. The van der Waals surface area contributed by atoms with Crippen molar-refractivity contribution in [2.75, 3.05) is 0 Å². The van der Waals surface area contributed by atoms with Crippen molar-refractivity contribution < 1.29 is 13.9 Å². The van der Waals surface area contributed by atoms with Gasteiger partial charge in [0.15, 0.2) is 11.6 Å². The third-order valence-electron chi connectivity index (χ3n) is 3.18. The summed E-state index contributed by atoms with van der Waals surface area (Å²) in [5.41, 5.74) is 11.1. The molecule has 4 nitrogen and oxygen atoms in total. The molecule has 0 radical (unpaired) electrons. The quantitative estimate of drug-likeness (QED) is 0.857. The van der Waals surface area contributed by atoms with Gasteiger partial charge in [0.25, 0.3) is 0 Å². The summed E-state index contributed by atoms with van der Waals surface area (Å²) in [4.78, 5) is 10.9. The maximum atomic E-state index is 13.7. The molecule has 2 unspecified atom stereocenters. The number of carbonyl (C=O) groups is 1. The molecule has 1 aromatic carbocycles. The van der Waals surface area contributed by atoms with Crippen LogP contribution in [0.3, 0.4) is 0 Å². The number of amides is 1. The molecule has 0 heterocycles. The van der Waals surface area contributed by atoms with Gasteiger partial charge in [0.2, 0.25) is 5.91 Å². The lowest BCUT2D eigenvalue weighted by molar-refractivity contribution is 0.0999. The van der Waals surface area contributed by atoms with Crippen LogP contribution in [0.5, 0.6) is 5.75 Å². The molecule has 5 heteroatoms. The van der Waals surface area contributed by atoms with E-state index in [0.717, 1.165) is 31.7 Å². The molecule has 0 aliphatic heterocycles. The van der Waals surface area contributed by atoms with Crippen molar-refractivity contribution in [3.05, 3.63) is 29.6 Å². The zero-order chi connectivity index (χ0) is 13.1. The molecule has 1 fully saturated rings. The van der Waals surface area contributed by atoms with Gasteiger partial charge < -0.3 is 16.2 Å². The van der Waals surface area contributed by atoms with Gasteiger partial charge >= 0.3 is 0 Å². The van der Waals surface area contributed by atoms with Crippen molar-refractivity contribution in [1.29, 1.82) is 0 Å². The van der Waals surface area contributed by atoms with Crippen LogP contribution >= 0.6 is 0 Å². The van der Waals surface area contributed by atoms with E-state index in [9.17, 15) is 9.18 Å². The van der Waals surface area contributed by atoms with Gasteiger partial charge in [0.05, 0.1) is 0 Å². The first-order valence-corrected chi connectivity index (χ1v) is 6.08. The fourth-order valence-electron chi connectivity index (χ4n) is 2.22. The van der Waals surface area contributed by atoms with Crippen LogP contribution in [0.2, 0.25) is 0 Å². The Bertz CT molecular complexity index is 451. The second-order valence-electron chi connectivity index (χ2n) is 4.68. The van der Waals surface area contributed by atoms with Crippen LogP contribution in [0.4, 0.5) is 4.39 Å². The van der Waals surface area contributed by atoms with Crippen LogP contribution in [0.25, 0.3) is 0 Å². The van der Waals surface area contributed by atoms with Crippen molar-refractivity contribution in [2.24, 2.45) is 11.5 Å². The predicted molar refractivity (Wildman–Crippen MR) is 65.8 cm³/mol. The normalized spacial score (nSPS) is 23.7. The lowest BCUT2D eigenvalue weighted by Gasteiger charge is -2.27. The summed E-state index contributed by atoms with van der Waals surface area (Å²) in [6, 6.07) is 4.12. The molecule has 4 N–H and O–H groups in total. The first kappa shape index (κ1) is 12.8. The van der Waals surface area contributed by atoms with E-state index in [4.69, 9.17) is 16.2 Å². The Morgan fingerprint density at radius 3 is 2.78 bits per heavy atom. The SMILES string of the molecule is NC(=O)c1ccc(OC2CCCC(N)C2)c(F)c1. The number of benzene rings is 1. The minimum absolute atomic E-state index is 0.0531. The third-order valence-corrected chi connectivity index (χ3v) is 3.18. The highest BCUT2D eigenvalue weighted by molar-refractivity contribution is 5.92. The molecule has 1 aliphatic carbocycles. The highest BCUT2D eigenvalue weighted by atomic mass is 19.1. The van der Waals surface area contributed by atoms with Gasteiger partial charge in [-0.3, -0.25) is 4.79 Å². The van der Waals surface area contributed by atoms with Gasteiger partial charge in [0.1, 0.15) is 6.10 Å². The Balaban J connectivity index is 2.07. The summed E-state index contributed by atoms with van der Waals surface area (Å²) >= 11 is 0. The average Bonchev–Trinajstić information content (AvgIpc) is 2.31. The number of rotatable bonds is 3. The zero-order valence-corrected chi connectivity index (χ0v) is 10.1. The van der Waals surface area contributed by atoms with Crippen molar-refractivity contribution in [3.63, 3.8) is 0 Å². The first-order chi connectivity index (χ1) is 8.56. The second kappa shape index (κ2) is 5.35. The molecule has 1 aliphatic rings. The summed E-state index contributed by atoms with van der Waals surface area (Å²) in [5.74, 6) is -1.07. The topological polar surface area (TPSA) is 78.3 Å². The third kappa shape index (κ3) is 2.98. The first-order valence-electron chi connectivity index (χ1n) is 6.08. The van der Waals surface area contributed by atoms with E-state index in [1.165, 1.54) is 12.1 Å². The second-order valence-corrected chi connectivity index (χ2v) is 4.68. The Morgan fingerprint density at radius 1 is 1.39 bits per heavy atom. The van der Waals surface area contributed by atoms with Crippen LogP contribution < -0.4 is 16.2 Å². The standard InChI is InChI=1S/C13H17FN2O2/c14-11-6-8(13(16)17)4-5-12(11)18-10-3-1-2-9(15)7-10/h4-6,9-10H,1-3,7,15H2,(H2,16,17). The number of carbonyl (C=O) groups excluding carboxylic acids is 1. The Labute approximate surface area is 105 Å². The van der Waals surface area contributed by atoms with Gasteiger partial charge in [-0.2, -0.15) is 0 Å². The Hall–Kier alpha value is -1.62.